The summed E-state index contributed by atoms with van der Waals surface area (Å²) in [6, 6.07) is 5.53. The number of ether oxygens (including phenoxy) is 1. The van der Waals surface area contributed by atoms with Gasteiger partial charge in [-0.15, -0.1) is 0 Å². The fraction of sp³-hybridized carbons (Fsp3) is 0.667. The Bertz CT molecular complexity index is 988. The Kier molecular flexibility index (Phi) is 8.91. The van der Waals surface area contributed by atoms with Gasteiger partial charge < -0.3 is 19.6 Å². The fourth-order valence-corrected chi connectivity index (χ4v) is 5.74. The number of amides is 3. The standard InChI is InChI=1S/C27H40N4O6/c1-4-10-31(37-14-5-2)24(32)18-30-17-21(19-6-7-23-20(16-19)9-15-36-23)25(26(33)34)22(30)8-11-29-13-12-28(3)27(29)35/h6-7,16,21-22,25H,4-5,8-15,17-18H2,1-3H3,(H,33,34)/t21-,22+,25?/m1/s1. The number of nitrogens with zero attached hydrogens (tertiary/aromatic N) is 4. The Hall–Kier alpha value is -2.85. The maximum absolute atomic E-state index is 13.3. The molecule has 3 amide bonds. The number of likely N-dealkylation sites (tertiary alicyclic amines) is 1. The van der Waals surface area contributed by atoms with E-state index in [0.717, 1.165) is 36.1 Å². The number of carboxylic acids is 1. The number of urea groups is 1. The lowest BCUT2D eigenvalue weighted by molar-refractivity contribution is -0.188. The topological polar surface area (TPSA) is 103 Å². The van der Waals surface area contributed by atoms with Gasteiger partial charge in [-0.1, -0.05) is 26.0 Å². The van der Waals surface area contributed by atoms with Crippen LogP contribution in [0.4, 0.5) is 4.79 Å². The van der Waals surface area contributed by atoms with Gasteiger partial charge in [0.1, 0.15) is 5.75 Å². The van der Waals surface area contributed by atoms with Crippen LogP contribution in [0.5, 0.6) is 5.75 Å². The van der Waals surface area contributed by atoms with Crippen molar-refractivity contribution < 1.29 is 29.1 Å². The average Bonchev–Trinajstić information content (AvgIpc) is 3.58. The van der Waals surface area contributed by atoms with Gasteiger partial charge in [-0.05, 0) is 36.5 Å². The second-order valence-electron chi connectivity index (χ2n) is 10.2. The summed E-state index contributed by atoms with van der Waals surface area (Å²) in [6.45, 7) is 7.84. The number of fused-ring (bicyclic) bond motifs is 1. The van der Waals surface area contributed by atoms with E-state index in [1.807, 2.05) is 30.9 Å². The van der Waals surface area contributed by atoms with Crippen molar-refractivity contribution >= 4 is 17.9 Å². The number of aliphatic carboxylic acids is 1. The number of hydrogen-bond donors (Lipinski definition) is 1. The van der Waals surface area contributed by atoms with E-state index in [9.17, 15) is 19.5 Å². The van der Waals surface area contributed by atoms with Crippen LogP contribution in [0.15, 0.2) is 18.2 Å². The van der Waals surface area contributed by atoms with Gasteiger partial charge in [-0.25, -0.2) is 9.86 Å². The molecule has 204 valence electrons. The number of carbonyl (C=O) groups is 3. The number of hydroxylamine groups is 2. The van der Waals surface area contributed by atoms with E-state index >= 15 is 0 Å². The van der Waals surface area contributed by atoms with E-state index in [1.54, 1.807) is 16.8 Å². The highest BCUT2D eigenvalue weighted by atomic mass is 16.7. The first-order valence-corrected chi connectivity index (χ1v) is 13.5. The van der Waals surface area contributed by atoms with Crippen molar-refractivity contribution in [1.82, 2.24) is 19.8 Å². The SMILES string of the molecule is CCCON(CCC)C(=O)CN1C[C@H](c2ccc3c(c2)CCO3)C(C(=O)O)[C@@H]1CCN1CCN(C)C1=O. The summed E-state index contributed by atoms with van der Waals surface area (Å²) >= 11 is 0. The number of rotatable bonds is 12. The maximum atomic E-state index is 13.3. The minimum absolute atomic E-state index is 0.0373. The Morgan fingerprint density at radius 3 is 2.70 bits per heavy atom. The minimum atomic E-state index is -0.876. The summed E-state index contributed by atoms with van der Waals surface area (Å²) in [5.41, 5.74) is 2.06. The molecule has 3 aliphatic heterocycles. The Labute approximate surface area is 219 Å². The molecule has 2 saturated heterocycles. The van der Waals surface area contributed by atoms with Crippen molar-refractivity contribution in [2.24, 2.45) is 5.92 Å². The Morgan fingerprint density at radius 2 is 2.03 bits per heavy atom. The molecule has 3 aliphatic rings. The van der Waals surface area contributed by atoms with E-state index in [-0.39, 0.29) is 30.4 Å². The molecular formula is C27H40N4O6. The summed E-state index contributed by atoms with van der Waals surface area (Å²) in [6.07, 6.45) is 2.85. The molecule has 0 aromatic heterocycles. The molecule has 0 aliphatic carbocycles. The largest absolute Gasteiger partial charge is 0.493 e. The van der Waals surface area contributed by atoms with Crippen LogP contribution in [0, 0.1) is 5.92 Å². The van der Waals surface area contributed by atoms with Gasteiger partial charge in [0, 0.05) is 58.2 Å². The van der Waals surface area contributed by atoms with Gasteiger partial charge in [0.25, 0.3) is 5.91 Å². The van der Waals surface area contributed by atoms with E-state index in [1.165, 1.54) is 5.06 Å². The van der Waals surface area contributed by atoms with Gasteiger partial charge in [0.05, 0.1) is 25.7 Å². The third kappa shape index (κ3) is 6.01. The van der Waals surface area contributed by atoms with Crippen LogP contribution in [0.1, 0.15) is 50.2 Å². The molecule has 1 aromatic rings. The third-order valence-electron chi connectivity index (χ3n) is 7.67. The zero-order chi connectivity index (χ0) is 26.5. The van der Waals surface area contributed by atoms with Crippen molar-refractivity contribution in [3.05, 3.63) is 29.3 Å². The molecule has 0 bridgehead atoms. The van der Waals surface area contributed by atoms with Crippen molar-refractivity contribution in [2.75, 3.05) is 59.5 Å². The molecule has 10 heteroatoms. The quantitative estimate of drug-likeness (QED) is 0.426. The summed E-state index contributed by atoms with van der Waals surface area (Å²) < 4.78 is 5.65. The van der Waals surface area contributed by atoms with Crippen molar-refractivity contribution in [2.45, 2.75) is 51.5 Å². The molecule has 0 saturated carbocycles. The number of carboxylic acid groups (broad SMARTS) is 1. The normalized spacial score (nSPS) is 23.4. The number of hydrogen-bond acceptors (Lipinski definition) is 6. The number of carbonyl (C=O) groups excluding carboxylic acids is 2. The van der Waals surface area contributed by atoms with Crippen LogP contribution in [-0.4, -0.2) is 108 Å². The third-order valence-corrected chi connectivity index (χ3v) is 7.67. The molecule has 0 radical (unpaired) electrons. The molecule has 0 spiro atoms. The lowest BCUT2D eigenvalue weighted by Crippen LogP contribution is -2.45. The van der Waals surface area contributed by atoms with Gasteiger partial charge in [0.15, 0.2) is 0 Å². The molecule has 3 heterocycles. The molecule has 4 rings (SSSR count). The summed E-state index contributed by atoms with van der Waals surface area (Å²) in [5.74, 6) is -1.14. The number of likely N-dealkylation sites (N-methyl/N-ethyl adjacent to an activating group) is 1. The van der Waals surface area contributed by atoms with E-state index in [2.05, 4.69) is 6.07 Å². The summed E-state index contributed by atoms with van der Waals surface area (Å²) in [4.78, 5) is 49.6. The first-order valence-electron chi connectivity index (χ1n) is 13.5. The summed E-state index contributed by atoms with van der Waals surface area (Å²) in [5, 5.41) is 11.8. The van der Waals surface area contributed by atoms with Crippen LogP contribution in [-0.2, 0) is 20.8 Å². The zero-order valence-electron chi connectivity index (χ0n) is 22.2. The zero-order valence-corrected chi connectivity index (χ0v) is 22.2. The van der Waals surface area contributed by atoms with Crippen LogP contribution in [0.3, 0.4) is 0 Å². The van der Waals surface area contributed by atoms with Crippen LogP contribution in [0.2, 0.25) is 0 Å². The molecule has 1 N–H and O–H groups in total. The highest BCUT2D eigenvalue weighted by Gasteiger charge is 2.47. The lowest BCUT2D eigenvalue weighted by atomic mass is 9.83. The highest BCUT2D eigenvalue weighted by molar-refractivity contribution is 5.78. The summed E-state index contributed by atoms with van der Waals surface area (Å²) in [7, 11) is 1.77. The molecule has 10 nitrogen and oxygen atoms in total. The molecular weight excluding hydrogens is 476 g/mol. The highest BCUT2D eigenvalue weighted by Crippen LogP contribution is 2.41. The molecule has 1 unspecified atom stereocenters. The number of benzene rings is 1. The van der Waals surface area contributed by atoms with E-state index in [4.69, 9.17) is 9.57 Å². The molecule has 1 aromatic carbocycles. The monoisotopic (exact) mass is 516 g/mol. The lowest BCUT2D eigenvalue weighted by Gasteiger charge is -2.30. The Balaban J connectivity index is 1.58. The maximum Gasteiger partial charge on any atom is 0.319 e. The first-order chi connectivity index (χ1) is 17.8. The van der Waals surface area contributed by atoms with Crippen molar-refractivity contribution in [3.63, 3.8) is 0 Å². The van der Waals surface area contributed by atoms with Crippen molar-refractivity contribution in [3.8, 4) is 5.75 Å². The van der Waals surface area contributed by atoms with Gasteiger partial charge in [-0.2, -0.15) is 0 Å². The van der Waals surface area contributed by atoms with Crippen LogP contribution >= 0.6 is 0 Å². The van der Waals surface area contributed by atoms with E-state index in [0.29, 0.717) is 52.4 Å². The van der Waals surface area contributed by atoms with Gasteiger partial charge >= 0.3 is 12.0 Å². The Morgan fingerprint density at radius 1 is 1.22 bits per heavy atom. The average molecular weight is 517 g/mol. The molecule has 2 fully saturated rings. The second-order valence-corrected chi connectivity index (χ2v) is 10.2. The smallest absolute Gasteiger partial charge is 0.319 e. The first kappa shape index (κ1) is 27.2. The second kappa shape index (κ2) is 12.1. The van der Waals surface area contributed by atoms with Crippen LogP contribution < -0.4 is 4.74 Å². The molecule has 3 atom stereocenters. The minimum Gasteiger partial charge on any atom is -0.493 e. The van der Waals surface area contributed by atoms with Crippen molar-refractivity contribution in [1.29, 1.82) is 0 Å². The molecule has 37 heavy (non-hydrogen) atoms. The van der Waals surface area contributed by atoms with Gasteiger partial charge in [-0.3, -0.25) is 19.3 Å². The fourth-order valence-electron chi connectivity index (χ4n) is 5.74. The van der Waals surface area contributed by atoms with Crippen LogP contribution in [0.25, 0.3) is 0 Å². The predicted molar refractivity (Wildman–Crippen MR) is 137 cm³/mol. The predicted octanol–water partition coefficient (Wildman–Crippen LogP) is 2.43. The van der Waals surface area contributed by atoms with E-state index < -0.39 is 11.9 Å². The van der Waals surface area contributed by atoms with Gasteiger partial charge in [0.2, 0.25) is 0 Å².